The first-order valence-electron chi connectivity index (χ1n) is 17.4. The largest absolute Gasteiger partial charge is 0.507 e. The lowest BCUT2D eigenvalue weighted by Crippen LogP contribution is -2.46. The Hall–Kier alpha value is -4.71. The fraction of sp³-hybridized carbons (Fsp3) is 0.359. The van der Waals surface area contributed by atoms with Crippen molar-refractivity contribution in [2.45, 2.75) is 40.3 Å². The van der Waals surface area contributed by atoms with E-state index in [0.717, 1.165) is 74.9 Å². The number of nitrogens with two attached hydrogens (primary N) is 2. The van der Waals surface area contributed by atoms with Gasteiger partial charge in [-0.05, 0) is 72.4 Å². The van der Waals surface area contributed by atoms with Crippen molar-refractivity contribution in [3.05, 3.63) is 95.1 Å². The summed E-state index contributed by atoms with van der Waals surface area (Å²) in [5.74, 6) is 1.98. The minimum Gasteiger partial charge on any atom is -0.507 e. The van der Waals surface area contributed by atoms with Crippen LogP contribution in [0.3, 0.4) is 0 Å². The van der Waals surface area contributed by atoms with E-state index in [1.54, 1.807) is 23.5 Å². The van der Waals surface area contributed by atoms with E-state index >= 15 is 0 Å². The number of rotatable bonds is 14. The summed E-state index contributed by atoms with van der Waals surface area (Å²) < 4.78 is 6.20. The first-order valence-corrected chi connectivity index (χ1v) is 18.3. The number of ether oxygens (including phenoxy) is 1. The topological polar surface area (TPSA) is 130 Å². The quantitative estimate of drug-likeness (QED) is 0.110. The van der Waals surface area contributed by atoms with Crippen LogP contribution < -0.4 is 26.0 Å². The number of aromatic nitrogens is 3. The van der Waals surface area contributed by atoms with Gasteiger partial charge in [0.2, 0.25) is 0 Å². The highest BCUT2D eigenvalue weighted by atomic mass is 32.1. The number of hydrogen-bond acceptors (Lipinski definition) is 11. The molecule has 1 fully saturated rings. The Kier molecular flexibility index (Phi) is 11.5. The molecule has 6 rings (SSSR count). The van der Waals surface area contributed by atoms with Crippen molar-refractivity contribution < 1.29 is 9.84 Å². The lowest BCUT2D eigenvalue weighted by atomic mass is 10.0. The van der Waals surface area contributed by atoms with Gasteiger partial charge in [-0.3, -0.25) is 4.90 Å². The van der Waals surface area contributed by atoms with Crippen LogP contribution >= 0.6 is 11.3 Å². The summed E-state index contributed by atoms with van der Waals surface area (Å²) in [4.78, 5) is 12.8. The number of anilines is 3. The third kappa shape index (κ3) is 8.53. The predicted octanol–water partition coefficient (Wildman–Crippen LogP) is 6.58. The van der Waals surface area contributed by atoms with E-state index in [0.29, 0.717) is 36.1 Å². The normalized spacial score (nSPS) is 13.6. The lowest BCUT2D eigenvalue weighted by molar-refractivity contribution is 0.249. The average molecular weight is 693 g/mol. The van der Waals surface area contributed by atoms with Gasteiger partial charge in [0.15, 0.2) is 5.82 Å². The molecule has 0 spiro atoms. The Labute approximate surface area is 299 Å². The van der Waals surface area contributed by atoms with Crippen LogP contribution in [0.2, 0.25) is 0 Å². The molecule has 3 heterocycles. The maximum atomic E-state index is 10.3. The van der Waals surface area contributed by atoms with Crippen LogP contribution in [0.4, 0.5) is 17.2 Å². The molecule has 1 saturated heterocycles. The zero-order valence-corrected chi connectivity index (χ0v) is 30.1. The van der Waals surface area contributed by atoms with Gasteiger partial charge in [0, 0.05) is 63.6 Å². The monoisotopic (exact) mass is 692 g/mol. The number of nitrogen functional groups attached to an aromatic ring is 1. The second-order valence-electron chi connectivity index (χ2n) is 13.3. The molecule has 3 aromatic carbocycles. The highest BCUT2D eigenvalue weighted by Crippen LogP contribution is 2.34. The summed E-state index contributed by atoms with van der Waals surface area (Å²) in [6, 6.07) is 24.2. The Morgan fingerprint density at radius 2 is 1.76 bits per heavy atom. The Morgan fingerprint density at radius 3 is 2.46 bits per heavy atom. The number of aryl methyl sites for hydroxylation is 1. The zero-order chi connectivity index (χ0) is 35.0. The maximum Gasteiger partial charge on any atom is 0.169 e. The van der Waals surface area contributed by atoms with Crippen molar-refractivity contribution in [1.82, 2.24) is 20.1 Å². The van der Waals surface area contributed by atoms with Gasteiger partial charge < -0.3 is 31.1 Å². The molecule has 0 unspecified atom stereocenters. The molecule has 0 bridgehead atoms. The standard InChI is InChI=1S/C39H48N8O2S/c1-27(2)24-47(35-21-30(11-12-31(35)23-40)38-28(3)42-26-50-38)15-6-20-49-32-13-9-29(10-14-32)25-45-16-18-46(19-17-45)36-22-34(43-44-39(36)41)33-7-4-5-8-37(33)48/h4-5,7-14,21-22,26-27,48H,6,15-20,23-25,40H2,1-3H3,(H2,41,44). The van der Waals surface area contributed by atoms with Crippen LogP contribution in [-0.4, -0.2) is 71.1 Å². The maximum absolute atomic E-state index is 10.3. The third-order valence-electron chi connectivity index (χ3n) is 9.10. The molecule has 10 nitrogen and oxygen atoms in total. The van der Waals surface area contributed by atoms with Gasteiger partial charge >= 0.3 is 0 Å². The molecule has 1 aliphatic rings. The Balaban J connectivity index is 0.997. The SMILES string of the molecule is Cc1ncsc1-c1ccc(CN)c(N(CCCOc2ccc(CN3CCN(c4cc(-c5ccccc5O)nnc4N)CC3)cc2)CC(C)C)c1. The molecule has 0 atom stereocenters. The zero-order valence-electron chi connectivity index (χ0n) is 29.3. The Morgan fingerprint density at radius 1 is 0.980 bits per heavy atom. The van der Waals surface area contributed by atoms with Gasteiger partial charge in [0.25, 0.3) is 0 Å². The van der Waals surface area contributed by atoms with Crippen molar-refractivity contribution in [2.75, 3.05) is 61.4 Å². The average Bonchev–Trinajstić information content (AvgIpc) is 3.56. The van der Waals surface area contributed by atoms with Gasteiger partial charge in [0.1, 0.15) is 11.5 Å². The molecule has 5 aromatic rings. The molecule has 0 aliphatic carbocycles. The summed E-state index contributed by atoms with van der Waals surface area (Å²) in [6.45, 7) is 13.9. The van der Waals surface area contributed by atoms with E-state index < -0.39 is 0 Å². The minimum atomic E-state index is 0.175. The van der Waals surface area contributed by atoms with Gasteiger partial charge in [0.05, 0.1) is 34.1 Å². The summed E-state index contributed by atoms with van der Waals surface area (Å²) in [6.07, 6.45) is 0.901. The van der Waals surface area contributed by atoms with Crippen LogP contribution in [0.5, 0.6) is 11.5 Å². The molecule has 262 valence electrons. The van der Waals surface area contributed by atoms with E-state index in [-0.39, 0.29) is 5.75 Å². The number of phenolic OH excluding ortho intramolecular Hbond substituents is 1. The third-order valence-corrected chi connectivity index (χ3v) is 10.1. The second kappa shape index (κ2) is 16.3. The van der Waals surface area contributed by atoms with E-state index in [9.17, 15) is 5.11 Å². The molecule has 5 N–H and O–H groups in total. The summed E-state index contributed by atoms with van der Waals surface area (Å²) in [5, 5.41) is 18.7. The molecule has 0 saturated carbocycles. The number of aromatic hydroxyl groups is 1. The summed E-state index contributed by atoms with van der Waals surface area (Å²) in [7, 11) is 0. The molecular formula is C39H48N8O2S. The molecular weight excluding hydrogens is 645 g/mol. The van der Waals surface area contributed by atoms with Crippen molar-refractivity contribution in [3.8, 4) is 33.2 Å². The van der Waals surface area contributed by atoms with Crippen LogP contribution in [0.1, 0.15) is 37.1 Å². The van der Waals surface area contributed by atoms with E-state index in [2.05, 4.69) is 93.1 Å². The van der Waals surface area contributed by atoms with Crippen molar-refractivity contribution in [1.29, 1.82) is 0 Å². The van der Waals surface area contributed by atoms with Crippen LogP contribution in [0.15, 0.2) is 78.3 Å². The highest BCUT2D eigenvalue weighted by Gasteiger charge is 2.21. The fourth-order valence-electron chi connectivity index (χ4n) is 6.51. The highest BCUT2D eigenvalue weighted by molar-refractivity contribution is 7.13. The van der Waals surface area contributed by atoms with Crippen molar-refractivity contribution >= 4 is 28.5 Å². The first kappa shape index (κ1) is 35.1. The van der Waals surface area contributed by atoms with Crippen LogP contribution in [-0.2, 0) is 13.1 Å². The van der Waals surface area contributed by atoms with Gasteiger partial charge in [-0.2, -0.15) is 0 Å². The lowest BCUT2D eigenvalue weighted by Gasteiger charge is -2.36. The van der Waals surface area contributed by atoms with Gasteiger partial charge in [-0.1, -0.05) is 50.2 Å². The molecule has 50 heavy (non-hydrogen) atoms. The summed E-state index contributed by atoms with van der Waals surface area (Å²) >= 11 is 1.68. The first-order chi connectivity index (χ1) is 24.3. The van der Waals surface area contributed by atoms with Gasteiger partial charge in [-0.15, -0.1) is 21.5 Å². The number of para-hydroxylation sites is 1. The second-order valence-corrected chi connectivity index (χ2v) is 14.1. The molecule has 2 aromatic heterocycles. The number of nitrogens with zero attached hydrogens (tertiary/aromatic N) is 6. The smallest absolute Gasteiger partial charge is 0.169 e. The number of phenols is 1. The van der Waals surface area contributed by atoms with Crippen molar-refractivity contribution in [2.24, 2.45) is 11.7 Å². The summed E-state index contributed by atoms with van der Waals surface area (Å²) in [5.41, 5.74) is 22.3. The van der Waals surface area contributed by atoms with E-state index in [1.807, 2.05) is 23.7 Å². The van der Waals surface area contributed by atoms with E-state index in [1.165, 1.54) is 21.7 Å². The van der Waals surface area contributed by atoms with Gasteiger partial charge in [-0.25, -0.2) is 4.98 Å². The molecule has 0 amide bonds. The number of piperazine rings is 1. The molecule has 0 radical (unpaired) electrons. The minimum absolute atomic E-state index is 0.175. The number of thiazole rings is 1. The molecule has 1 aliphatic heterocycles. The molecule has 11 heteroatoms. The van der Waals surface area contributed by atoms with Crippen LogP contribution in [0.25, 0.3) is 21.7 Å². The van der Waals surface area contributed by atoms with Crippen LogP contribution in [0, 0.1) is 12.8 Å². The van der Waals surface area contributed by atoms with E-state index in [4.69, 9.17) is 16.2 Å². The number of benzene rings is 3. The fourth-order valence-corrected chi connectivity index (χ4v) is 7.31. The Bertz CT molecular complexity index is 1850. The number of hydrogen-bond donors (Lipinski definition) is 3. The predicted molar refractivity (Wildman–Crippen MR) is 205 cm³/mol. The van der Waals surface area contributed by atoms with Crippen molar-refractivity contribution in [3.63, 3.8) is 0 Å².